The molecule has 106 valence electrons. The molecule has 1 aromatic carbocycles. The normalized spacial score (nSPS) is 17.2. The van der Waals surface area contributed by atoms with Crippen LogP contribution in [0.15, 0.2) is 24.4 Å². The van der Waals surface area contributed by atoms with Crippen LogP contribution in [0, 0.1) is 5.92 Å². The number of carbonyl (C=O) groups is 1. The summed E-state index contributed by atoms with van der Waals surface area (Å²) >= 11 is 6.04. The minimum atomic E-state index is 0.255. The van der Waals surface area contributed by atoms with Crippen LogP contribution in [-0.2, 0) is 0 Å². The summed E-state index contributed by atoms with van der Waals surface area (Å²) in [5, 5.41) is 1.64. The first-order valence-corrected chi connectivity index (χ1v) is 7.91. The number of ketones is 1. The van der Waals surface area contributed by atoms with Gasteiger partial charge in [-0.2, -0.15) is 0 Å². The van der Waals surface area contributed by atoms with E-state index < -0.39 is 0 Å². The monoisotopic (exact) mass is 289 g/mol. The van der Waals surface area contributed by atoms with Gasteiger partial charge in [0.25, 0.3) is 0 Å². The third-order valence-electron chi connectivity index (χ3n) is 4.39. The van der Waals surface area contributed by atoms with Gasteiger partial charge in [-0.25, -0.2) is 0 Å². The van der Waals surface area contributed by atoms with Crippen LogP contribution in [-0.4, -0.2) is 10.8 Å². The minimum absolute atomic E-state index is 0.255. The highest BCUT2D eigenvalue weighted by atomic mass is 35.5. The van der Waals surface area contributed by atoms with Crippen molar-refractivity contribution in [2.24, 2.45) is 5.92 Å². The fourth-order valence-corrected chi connectivity index (χ4v) is 3.44. The molecule has 0 radical (unpaired) electrons. The Kier molecular flexibility index (Phi) is 4.11. The zero-order chi connectivity index (χ0) is 13.9. The first kappa shape index (κ1) is 13.7. The van der Waals surface area contributed by atoms with Crippen molar-refractivity contribution < 1.29 is 4.79 Å². The summed E-state index contributed by atoms with van der Waals surface area (Å²) in [4.78, 5) is 15.7. The zero-order valence-corrected chi connectivity index (χ0v) is 12.4. The molecule has 0 atom stereocenters. The quantitative estimate of drug-likeness (QED) is 0.598. The number of H-pyrrole nitrogens is 1. The van der Waals surface area contributed by atoms with Crippen molar-refractivity contribution in [2.75, 3.05) is 0 Å². The molecule has 0 saturated heterocycles. The van der Waals surface area contributed by atoms with Gasteiger partial charge in [-0.15, -0.1) is 0 Å². The van der Waals surface area contributed by atoms with Crippen molar-refractivity contribution in [3.63, 3.8) is 0 Å². The van der Waals surface area contributed by atoms with E-state index in [9.17, 15) is 4.79 Å². The van der Waals surface area contributed by atoms with E-state index in [0.717, 1.165) is 16.5 Å². The van der Waals surface area contributed by atoms with E-state index in [1.165, 1.54) is 38.5 Å². The molecule has 1 aliphatic carbocycles. The number of Topliss-reactive ketones (excluding diaryl/α,β-unsaturated/α-hetero) is 1. The van der Waals surface area contributed by atoms with E-state index in [0.29, 0.717) is 17.4 Å². The predicted molar refractivity (Wildman–Crippen MR) is 83.4 cm³/mol. The van der Waals surface area contributed by atoms with E-state index in [1.54, 1.807) is 0 Å². The summed E-state index contributed by atoms with van der Waals surface area (Å²) in [6.45, 7) is 0. The standard InChI is InChI=1S/C17H20ClNO/c18-13-7-8-16-14(10-13)15(11-19-16)17(20)9-12-5-3-1-2-4-6-12/h7-8,10-12,19H,1-6,9H2. The van der Waals surface area contributed by atoms with Crippen molar-refractivity contribution in [3.05, 3.63) is 35.0 Å². The van der Waals surface area contributed by atoms with Gasteiger partial charge in [0.05, 0.1) is 0 Å². The molecule has 0 spiro atoms. The molecular formula is C17H20ClNO. The maximum Gasteiger partial charge on any atom is 0.165 e. The van der Waals surface area contributed by atoms with Crippen LogP contribution in [0.1, 0.15) is 55.3 Å². The molecule has 3 heteroatoms. The highest BCUT2D eigenvalue weighted by Crippen LogP contribution is 2.29. The zero-order valence-electron chi connectivity index (χ0n) is 11.6. The van der Waals surface area contributed by atoms with Crippen LogP contribution in [0.25, 0.3) is 10.9 Å². The van der Waals surface area contributed by atoms with E-state index in [4.69, 9.17) is 11.6 Å². The molecule has 0 amide bonds. The lowest BCUT2D eigenvalue weighted by Crippen LogP contribution is -2.08. The molecule has 2 nitrogen and oxygen atoms in total. The number of halogens is 1. The highest BCUT2D eigenvalue weighted by molar-refractivity contribution is 6.31. The third kappa shape index (κ3) is 2.90. The lowest BCUT2D eigenvalue weighted by molar-refractivity contribution is 0.0958. The number of fused-ring (bicyclic) bond motifs is 1. The lowest BCUT2D eigenvalue weighted by Gasteiger charge is -2.12. The Hall–Kier alpha value is -1.28. The van der Waals surface area contributed by atoms with Crippen molar-refractivity contribution in [3.8, 4) is 0 Å². The van der Waals surface area contributed by atoms with Gasteiger partial charge in [0.1, 0.15) is 0 Å². The molecule has 3 rings (SSSR count). The number of nitrogens with one attached hydrogen (secondary N) is 1. The molecule has 0 bridgehead atoms. The molecule has 0 aliphatic heterocycles. The summed E-state index contributed by atoms with van der Waals surface area (Å²) < 4.78 is 0. The maximum atomic E-state index is 12.5. The smallest absolute Gasteiger partial charge is 0.165 e. The fourth-order valence-electron chi connectivity index (χ4n) is 3.26. The van der Waals surface area contributed by atoms with Gasteiger partial charge >= 0.3 is 0 Å². The Labute approximate surface area is 124 Å². The van der Waals surface area contributed by atoms with Crippen molar-refractivity contribution in [2.45, 2.75) is 44.9 Å². The number of aromatic amines is 1. The molecule has 0 unspecified atom stereocenters. The average Bonchev–Trinajstić information content (AvgIpc) is 2.67. The highest BCUT2D eigenvalue weighted by Gasteiger charge is 2.19. The molecule has 1 heterocycles. The fraction of sp³-hybridized carbons (Fsp3) is 0.471. The van der Waals surface area contributed by atoms with Gasteiger partial charge in [-0.05, 0) is 24.1 Å². The van der Waals surface area contributed by atoms with Crippen molar-refractivity contribution in [1.82, 2.24) is 4.98 Å². The molecule has 1 aromatic heterocycles. The van der Waals surface area contributed by atoms with E-state index in [1.807, 2.05) is 24.4 Å². The molecule has 2 aromatic rings. The maximum absolute atomic E-state index is 12.5. The number of hydrogen-bond acceptors (Lipinski definition) is 1. The number of hydrogen-bond donors (Lipinski definition) is 1. The molecular weight excluding hydrogens is 270 g/mol. The van der Waals surface area contributed by atoms with Gasteiger partial charge in [0.2, 0.25) is 0 Å². The Morgan fingerprint density at radius 2 is 1.95 bits per heavy atom. The second-order valence-electron chi connectivity index (χ2n) is 5.88. The summed E-state index contributed by atoms with van der Waals surface area (Å²) in [6.07, 6.45) is 10.1. The van der Waals surface area contributed by atoms with Crippen molar-refractivity contribution in [1.29, 1.82) is 0 Å². The van der Waals surface area contributed by atoms with Crippen LogP contribution in [0.4, 0.5) is 0 Å². The topological polar surface area (TPSA) is 32.9 Å². The molecule has 1 N–H and O–H groups in total. The lowest BCUT2D eigenvalue weighted by atomic mass is 9.92. The largest absolute Gasteiger partial charge is 0.360 e. The Morgan fingerprint density at radius 3 is 2.70 bits per heavy atom. The van der Waals surface area contributed by atoms with Gasteiger partial charge in [0.15, 0.2) is 5.78 Å². The second-order valence-corrected chi connectivity index (χ2v) is 6.31. The Balaban J connectivity index is 1.79. The van der Waals surface area contributed by atoms with Gasteiger partial charge < -0.3 is 4.98 Å². The van der Waals surface area contributed by atoms with Crippen LogP contribution < -0.4 is 0 Å². The average molecular weight is 290 g/mol. The summed E-state index contributed by atoms with van der Waals surface area (Å²) in [6, 6.07) is 5.66. The van der Waals surface area contributed by atoms with Gasteiger partial charge in [0, 0.05) is 34.1 Å². The predicted octanol–water partition coefficient (Wildman–Crippen LogP) is 5.36. The van der Waals surface area contributed by atoms with Crippen LogP contribution in [0.5, 0.6) is 0 Å². The number of rotatable bonds is 3. The summed E-state index contributed by atoms with van der Waals surface area (Å²) in [5.74, 6) is 0.819. The molecule has 1 aliphatic rings. The first-order valence-electron chi connectivity index (χ1n) is 7.54. The summed E-state index contributed by atoms with van der Waals surface area (Å²) in [5.41, 5.74) is 1.78. The van der Waals surface area contributed by atoms with E-state index >= 15 is 0 Å². The van der Waals surface area contributed by atoms with Gasteiger partial charge in [-0.3, -0.25) is 4.79 Å². The second kappa shape index (κ2) is 6.01. The molecule has 1 fully saturated rings. The first-order chi connectivity index (χ1) is 9.74. The molecule has 1 saturated carbocycles. The number of aromatic nitrogens is 1. The van der Waals surface area contributed by atoms with Crippen LogP contribution in [0.3, 0.4) is 0 Å². The SMILES string of the molecule is O=C(CC1CCCCCC1)c1c[nH]c2ccc(Cl)cc12. The Bertz CT molecular complexity index is 608. The summed E-state index contributed by atoms with van der Waals surface area (Å²) in [7, 11) is 0. The molecule has 20 heavy (non-hydrogen) atoms. The number of benzene rings is 1. The van der Waals surface area contributed by atoms with E-state index in [-0.39, 0.29) is 5.78 Å². The third-order valence-corrected chi connectivity index (χ3v) is 4.63. The van der Waals surface area contributed by atoms with E-state index in [2.05, 4.69) is 4.98 Å². The number of carbonyl (C=O) groups excluding carboxylic acids is 1. The van der Waals surface area contributed by atoms with Gasteiger partial charge in [-0.1, -0.05) is 50.1 Å². The minimum Gasteiger partial charge on any atom is -0.360 e. The Morgan fingerprint density at radius 1 is 1.20 bits per heavy atom. The van der Waals surface area contributed by atoms with Crippen LogP contribution >= 0.6 is 11.6 Å². The van der Waals surface area contributed by atoms with Crippen LogP contribution in [0.2, 0.25) is 5.02 Å². The van der Waals surface area contributed by atoms with Crippen molar-refractivity contribution >= 4 is 28.3 Å².